The van der Waals surface area contributed by atoms with E-state index in [1.54, 1.807) is 0 Å². The number of carbonyl (C=O) groups excluding carboxylic acids is 1. The molecular formula is C10H8ClF2NO4. The number of hydrogen-bond donors (Lipinski definition) is 0. The molecule has 18 heavy (non-hydrogen) atoms. The molecule has 0 saturated heterocycles. The van der Waals surface area contributed by atoms with Crippen LogP contribution in [0.3, 0.4) is 0 Å². The van der Waals surface area contributed by atoms with Gasteiger partial charge >= 0.3 is 11.9 Å². The molecule has 1 aromatic rings. The second kappa shape index (κ2) is 5.26. The van der Waals surface area contributed by atoms with Crippen molar-refractivity contribution in [3.05, 3.63) is 38.9 Å². The van der Waals surface area contributed by atoms with Crippen LogP contribution >= 0.6 is 11.6 Å². The van der Waals surface area contributed by atoms with Crippen molar-refractivity contribution in [2.24, 2.45) is 0 Å². The molecule has 0 aliphatic carbocycles. The van der Waals surface area contributed by atoms with Crippen molar-refractivity contribution in [3.63, 3.8) is 0 Å². The predicted molar refractivity (Wildman–Crippen MR) is 58.6 cm³/mol. The number of benzene rings is 1. The lowest BCUT2D eigenvalue weighted by Crippen LogP contribution is -2.29. The van der Waals surface area contributed by atoms with Gasteiger partial charge in [-0.25, -0.2) is 4.79 Å². The number of rotatable bonds is 4. The van der Waals surface area contributed by atoms with E-state index in [4.69, 9.17) is 11.6 Å². The molecule has 0 bridgehead atoms. The Hall–Kier alpha value is -1.76. The third-order valence-corrected chi connectivity index (χ3v) is 2.35. The highest BCUT2D eigenvalue weighted by Gasteiger charge is 2.49. The van der Waals surface area contributed by atoms with Crippen LogP contribution in [0.25, 0.3) is 0 Å². The maximum atomic E-state index is 13.8. The zero-order valence-corrected chi connectivity index (χ0v) is 9.91. The van der Waals surface area contributed by atoms with Crippen molar-refractivity contribution in [1.29, 1.82) is 0 Å². The summed E-state index contributed by atoms with van der Waals surface area (Å²) in [5.74, 6) is -6.04. The molecule has 0 amide bonds. The highest BCUT2D eigenvalue weighted by molar-refractivity contribution is 6.32. The molecule has 1 aromatic carbocycles. The Balaban J connectivity index is 3.39. The van der Waals surface area contributed by atoms with Crippen LogP contribution in [0.2, 0.25) is 5.02 Å². The summed E-state index contributed by atoms with van der Waals surface area (Å²) in [7, 11) is 0. The van der Waals surface area contributed by atoms with Crippen molar-refractivity contribution < 1.29 is 23.2 Å². The van der Waals surface area contributed by atoms with Crippen molar-refractivity contribution in [1.82, 2.24) is 0 Å². The fourth-order valence-corrected chi connectivity index (χ4v) is 1.59. The van der Waals surface area contributed by atoms with E-state index in [-0.39, 0.29) is 6.61 Å². The first kappa shape index (κ1) is 14.3. The van der Waals surface area contributed by atoms with Gasteiger partial charge in [0.05, 0.1) is 16.6 Å². The normalized spacial score (nSPS) is 11.1. The molecule has 0 heterocycles. The Labute approximate surface area is 105 Å². The topological polar surface area (TPSA) is 69.4 Å². The lowest BCUT2D eigenvalue weighted by Gasteiger charge is -2.15. The van der Waals surface area contributed by atoms with E-state index < -0.39 is 33.1 Å². The maximum absolute atomic E-state index is 13.8. The number of hydrogen-bond acceptors (Lipinski definition) is 4. The second-order valence-electron chi connectivity index (χ2n) is 3.19. The van der Waals surface area contributed by atoms with E-state index in [0.29, 0.717) is 0 Å². The molecule has 5 nitrogen and oxygen atoms in total. The van der Waals surface area contributed by atoms with Crippen molar-refractivity contribution in [2.75, 3.05) is 6.61 Å². The van der Waals surface area contributed by atoms with Gasteiger partial charge in [-0.3, -0.25) is 10.1 Å². The number of halogens is 3. The van der Waals surface area contributed by atoms with Crippen molar-refractivity contribution in [2.45, 2.75) is 12.8 Å². The highest BCUT2D eigenvalue weighted by atomic mass is 35.5. The summed E-state index contributed by atoms with van der Waals surface area (Å²) in [6.45, 7) is 1.07. The average Bonchev–Trinajstić information content (AvgIpc) is 2.28. The number of alkyl halides is 2. The molecule has 0 aliphatic rings. The highest BCUT2D eigenvalue weighted by Crippen LogP contribution is 2.40. The van der Waals surface area contributed by atoms with E-state index in [0.717, 1.165) is 18.2 Å². The second-order valence-corrected chi connectivity index (χ2v) is 3.59. The third kappa shape index (κ3) is 2.56. The Kier molecular flexibility index (Phi) is 4.18. The first-order chi connectivity index (χ1) is 8.32. The maximum Gasteiger partial charge on any atom is 0.382 e. The Bertz CT molecular complexity index is 493. The lowest BCUT2D eigenvalue weighted by molar-refractivity contribution is -0.386. The van der Waals surface area contributed by atoms with Gasteiger partial charge in [-0.15, -0.1) is 0 Å². The average molecular weight is 280 g/mol. The van der Waals surface area contributed by atoms with Gasteiger partial charge < -0.3 is 4.74 Å². The third-order valence-electron chi connectivity index (χ3n) is 2.03. The van der Waals surface area contributed by atoms with Crippen LogP contribution in [0, 0.1) is 10.1 Å². The Morgan fingerprint density at radius 1 is 1.56 bits per heavy atom. The van der Waals surface area contributed by atoms with Crippen molar-refractivity contribution in [3.8, 4) is 0 Å². The minimum absolute atomic E-state index is 0.271. The van der Waals surface area contributed by atoms with Gasteiger partial charge in [0, 0.05) is 6.07 Å². The van der Waals surface area contributed by atoms with Crippen molar-refractivity contribution >= 4 is 23.3 Å². The van der Waals surface area contributed by atoms with Crippen LogP contribution in [0.5, 0.6) is 0 Å². The molecule has 0 N–H and O–H groups in total. The number of nitrogens with zero attached hydrogens (tertiary/aromatic N) is 1. The molecule has 0 saturated carbocycles. The van der Waals surface area contributed by atoms with Crippen LogP contribution in [0.1, 0.15) is 12.5 Å². The summed E-state index contributed by atoms with van der Waals surface area (Å²) in [6, 6.07) is 3.02. The molecule has 0 spiro atoms. The lowest BCUT2D eigenvalue weighted by atomic mass is 10.1. The zero-order chi connectivity index (χ0) is 13.9. The molecule has 0 unspecified atom stereocenters. The molecule has 8 heteroatoms. The molecular weight excluding hydrogens is 272 g/mol. The summed E-state index contributed by atoms with van der Waals surface area (Å²) in [5.41, 5.74) is -2.09. The van der Waals surface area contributed by atoms with Crippen LogP contribution < -0.4 is 0 Å². The van der Waals surface area contributed by atoms with Gasteiger partial charge in [-0.2, -0.15) is 8.78 Å². The molecule has 1 rings (SSSR count). The SMILES string of the molecule is CCOC(=O)C(F)(F)c1c(Cl)cccc1[N+](=O)[O-]. The van der Waals surface area contributed by atoms with Gasteiger partial charge in [0.2, 0.25) is 0 Å². The zero-order valence-electron chi connectivity index (χ0n) is 9.15. The van der Waals surface area contributed by atoms with Gasteiger partial charge in [-0.1, -0.05) is 17.7 Å². The van der Waals surface area contributed by atoms with Gasteiger partial charge in [0.25, 0.3) is 5.69 Å². The molecule has 0 radical (unpaired) electrons. The van der Waals surface area contributed by atoms with E-state index in [2.05, 4.69) is 4.74 Å². The first-order valence-corrected chi connectivity index (χ1v) is 5.18. The summed E-state index contributed by atoms with van der Waals surface area (Å²) < 4.78 is 31.7. The number of carbonyl (C=O) groups is 1. The number of nitro groups is 1. The molecule has 0 fully saturated rings. The minimum atomic E-state index is -4.17. The Morgan fingerprint density at radius 2 is 2.17 bits per heavy atom. The number of esters is 1. The van der Waals surface area contributed by atoms with E-state index >= 15 is 0 Å². The smallest absolute Gasteiger partial charge is 0.382 e. The molecule has 0 aromatic heterocycles. The van der Waals surface area contributed by atoms with Gasteiger partial charge in [0.1, 0.15) is 5.56 Å². The quantitative estimate of drug-likeness (QED) is 0.483. The number of ether oxygens (including phenoxy) is 1. The Morgan fingerprint density at radius 3 is 2.67 bits per heavy atom. The van der Waals surface area contributed by atoms with E-state index in [1.165, 1.54) is 6.92 Å². The largest absolute Gasteiger partial charge is 0.461 e. The van der Waals surface area contributed by atoms with Crippen LogP contribution in [-0.2, 0) is 15.5 Å². The van der Waals surface area contributed by atoms with Gasteiger partial charge in [-0.05, 0) is 13.0 Å². The number of nitro benzene ring substituents is 1. The fourth-order valence-electron chi connectivity index (χ4n) is 1.30. The summed E-state index contributed by atoms with van der Waals surface area (Å²) in [6.07, 6.45) is 0. The summed E-state index contributed by atoms with van der Waals surface area (Å²) in [4.78, 5) is 20.8. The summed E-state index contributed by atoms with van der Waals surface area (Å²) in [5, 5.41) is 10.1. The summed E-state index contributed by atoms with van der Waals surface area (Å²) >= 11 is 5.51. The van der Waals surface area contributed by atoms with E-state index in [1.807, 2.05) is 0 Å². The van der Waals surface area contributed by atoms with Crippen LogP contribution in [0.15, 0.2) is 18.2 Å². The fraction of sp³-hybridized carbons (Fsp3) is 0.300. The van der Waals surface area contributed by atoms with Crippen LogP contribution in [-0.4, -0.2) is 17.5 Å². The first-order valence-electron chi connectivity index (χ1n) is 4.80. The standard InChI is InChI=1S/C10H8ClF2NO4/c1-2-18-9(15)10(12,13)8-6(11)4-3-5-7(8)14(16)17/h3-5H,2H2,1H3. The van der Waals surface area contributed by atoms with Gasteiger partial charge in [0.15, 0.2) is 0 Å². The minimum Gasteiger partial charge on any atom is -0.461 e. The molecule has 98 valence electrons. The molecule has 0 atom stereocenters. The molecule has 0 aliphatic heterocycles. The predicted octanol–water partition coefficient (Wildman–Crippen LogP) is 2.90. The van der Waals surface area contributed by atoms with Crippen LogP contribution in [0.4, 0.5) is 14.5 Å². The monoisotopic (exact) mass is 279 g/mol. The van der Waals surface area contributed by atoms with E-state index in [9.17, 15) is 23.7 Å².